The minimum Gasteiger partial charge on any atom is -0.454 e. The van der Waals surface area contributed by atoms with Crippen LogP contribution in [-0.2, 0) is 23.8 Å². The molecule has 1 amide bonds. The fourth-order valence-electron chi connectivity index (χ4n) is 10.8. The van der Waals surface area contributed by atoms with Crippen LogP contribution in [-0.4, -0.2) is 99.6 Å². The topological polar surface area (TPSA) is 175 Å². The largest absolute Gasteiger partial charge is 0.454 e. The van der Waals surface area contributed by atoms with Gasteiger partial charge in [-0.3, -0.25) is 9.59 Å². The highest BCUT2D eigenvalue weighted by Gasteiger charge is 2.47. The van der Waals surface area contributed by atoms with Gasteiger partial charge in [-0.15, -0.1) is 0 Å². The van der Waals surface area contributed by atoms with Crippen molar-refractivity contribution in [2.45, 2.75) is 359 Å². The van der Waals surface area contributed by atoms with Crippen LogP contribution in [0.3, 0.4) is 0 Å². The van der Waals surface area contributed by atoms with Crippen molar-refractivity contribution >= 4 is 11.9 Å². The van der Waals surface area contributed by atoms with Gasteiger partial charge in [0.1, 0.15) is 24.4 Å². The Kier molecular flexibility index (Phi) is 58.9. The minimum absolute atomic E-state index is 0.102. The van der Waals surface area contributed by atoms with Crippen molar-refractivity contribution in [2.24, 2.45) is 0 Å². The summed E-state index contributed by atoms with van der Waals surface area (Å²) in [5.74, 6) is -1.21. The lowest BCUT2D eigenvalue weighted by molar-refractivity contribution is -0.305. The normalized spacial score (nSPS) is 18.8. The highest BCUT2D eigenvalue weighted by atomic mass is 16.7. The second-order valence-corrected chi connectivity index (χ2v) is 24.6. The van der Waals surface area contributed by atoms with Crippen LogP contribution in [0, 0.1) is 0 Å². The van der Waals surface area contributed by atoms with Crippen molar-refractivity contribution in [1.82, 2.24) is 5.32 Å². The first-order chi connectivity index (χ1) is 42.7. The highest BCUT2D eigenvalue weighted by Crippen LogP contribution is 2.26. The summed E-state index contributed by atoms with van der Waals surface area (Å²) in [7, 11) is 0. The van der Waals surface area contributed by atoms with E-state index in [1.807, 2.05) is 6.08 Å². The number of esters is 1. The summed E-state index contributed by atoms with van der Waals surface area (Å²) >= 11 is 0. The van der Waals surface area contributed by atoms with Gasteiger partial charge in [0.05, 0.1) is 25.4 Å². The summed E-state index contributed by atoms with van der Waals surface area (Å²) in [4.78, 5) is 26.7. The van der Waals surface area contributed by atoms with Gasteiger partial charge in [-0.25, -0.2) is 0 Å². The number of aliphatic hydroxyl groups excluding tert-OH is 5. The van der Waals surface area contributed by atoms with E-state index in [1.54, 1.807) is 6.08 Å². The first kappa shape index (κ1) is 81.6. The summed E-state index contributed by atoms with van der Waals surface area (Å²) in [5, 5.41) is 57.2. The number of hydrogen-bond acceptors (Lipinski definition) is 10. The second-order valence-electron chi connectivity index (χ2n) is 24.6. The van der Waals surface area contributed by atoms with E-state index in [9.17, 15) is 35.1 Å². The van der Waals surface area contributed by atoms with E-state index in [1.165, 1.54) is 148 Å². The number of carbonyl (C=O) groups is 2. The molecule has 11 heteroatoms. The molecule has 1 rings (SSSR count). The Morgan fingerprint density at radius 2 is 0.828 bits per heavy atom. The summed E-state index contributed by atoms with van der Waals surface area (Å²) in [5.41, 5.74) is 0. The van der Waals surface area contributed by atoms with Crippen molar-refractivity contribution in [3.8, 4) is 0 Å². The molecule has 0 aromatic carbocycles. The zero-order chi connectivity index (χ0) is 63.1. The molecule has 502 valence electrons. The predicted molar refractivity (Wildman–Crippen MR) is 365 cm³/mol. The maximum atomic E-state index is 13.5. The molecule has 1 aliphatic heterocycles. The molecule has 0 aromatic heterocycles. The zero-order valence-corrected chi connectivity index (χ0v) is 55.9. The van der Waals surface area contributed by atoms with Crippen molar-refractivity contribution in [1.29, 1.82) is 0 Å². The molecule has 0 bridgehead atoms. The Hall–Kier alpha value is -3.42. The standard InChI is InChI=1S/C76H133NO10/c1-4-7-10-13-16-19-22-24-26-28-30-32-34-35-36-38-40-42-44-46-49-52-55-58-61-64-71(81)87-74-73(83)72(82)70(65-78)86-76(74)85-66-67(68(79)62-59-56-53-50-47-21-18-15-12-9-6-3)77-75(84)69(80)63-60-57-54-51-48-45-43-41-39-37-33-31-29-27-25-23-20-17-14-11-8-5-2/h7,10,16,19,24-27,30,32,35-36,40,42,59,62,67-70,72-74,76,78-80,82-83H,4-6,8-9,11-15,17-18,20-23,28-29,31,33-34,37-39,41,43-58,60-61,63-66H2,1-3H3,(H,77,84)/b10-7-,19-16-,26-24-,27-25+,32-30-,36-35-,42-40-,62-59+. The fraction of sp³-hybridized carbons (Fsp3) is 0.763. The van der Waals surface area contributed by atoms with Gasteiger partial charge in [-0.05, 0) is 103 Å². The van der Waals surface area contributed by atoms with Crippen LogP contribution in [0.1, 0.15) is 310 Å². The van der Waals surface area contributed by atoms with E-state index in [4.69, 9.17) is 14.2 Å². The molecule has 8 atom stereocenters. The van der Waals surface area contributed by atoms with Crippen LogP contribution < -0.4 is 5.32 Å². The van der Waals surface area contributed by atoms with Gasteiger partial charge in [-0.1, -0.05) is 298 Å². The quantitative estimate of drug-likeness (QED) is 0.0195. The molecular formula is C76H133NO10. The Morgan fingerprint density at radius 1 is 0.460 bits per heavy atom. The number of carbonyl (C=O) groups excluding carboxylic acids is 2. The number of rotatable bonds is 61. The number of nitrogens with one attached hydrogen (secondary N) is 1. The molecule has 1 saturated heterocycles. The molecule has 8 unspecified atom stereocenters. The third-order valence-corrected chi connectivity index (χ3v) is 16.5. The van der Waals surface area contributed by atoms with Crippen LogP contribution >= 0.6 is 0 Å². The van der Waals surface area contributed by atoms with E-state index >= 15 is 0 Å². The van der Waals surface area contributed by atoms with E-state index in [2.05, 4.69) is 111 Å². The van der Waals surface area contributed by atoms with E-state index in [0.29, 0.717) is 12.8 Å². The zero-order valence-electron chi connectivity index (χ0n) is 55.9. The average Bonchev–Trinajstić information content (AvgIpc) is 3.12. The molecule has 1 heterocycles. The Bertz CT molecular complexity index is 1790. The molecule has 0 aliphatic carbocycles. The molecule has 0 aromatic rings. The molecular weight excluding hydrogens is 1090 g/mol. The number of hydrogen-bond donors (Lipinski definition) is 6. The lowest BCUT2D eigenvalue weighted by Crippen LogP contribution is -2.61. The second kappa shape index (κ2) is 62.8. The van der Waals surface area contributed by atoms with E-state index in [-0.39, 0.29) is 19.4 Å². The maximum Gasteiger partial charge on any atom is 0.306 e. The molecule has 1 aliphatic rings. The van der Waals surface area contributed by atoms with Crippen molar-refractivity contribution in [2.75, 3.05) is 13.2 Å². The van der Waals surface area contributed by atoms with Gasteiger partial charge in [-0.2, -0.15) is 0 Å². The molecule has 1 fully saturated rings. The SMILES string of the molecule is CC/C=C\C/C=C\C/C=C\C/C=C\C/C=C\C/C=C\CCCCCCCCC(=O)OC1C(OCC(NC(=O)C(O)CCCCCCCCCCCCCC/C=C/CCCCCCCC)C(O)/C=C/CCCCCCCCCCC)OC(CO)C(O)C1O. The van der Waals surface area contributed by atoms with Crippen molar-refractivity contribution in [3.63, 3.8) is 0 Å². The summed E-state index contributed by atoms with van der Waals surface area (Å²) in [6.45, 7) is 5.68. The van der Waals surface area contributed by atoms with Crippen LogP contribution in [0.2, 0.25) is 0 Å². The Labute approximate surface area is 533 Å². The molecule has 6 N–H and O–H groups in total. The fourth-order valence-corrected chi connectivity index (χ4v) is 10.8. The lowest BCUT2D eigenvalue weighted by Gasteiger charge is -2.41. The third kappa shape index (κ3) is 50.0. The Morgan fingerprint density at radius 3 is 1.25 bits per heavy atom. The molecule has 87 heavy (non-hydrogen) atoms. The lowest BCUT2D eigenvalue weighted by atomic mass is 9.99. The van der Waals surface area contributed by atoms with E-state index < -0.39 is 67.4 Å². The third-order valence-electron chi connectivity index (χ3n) is 16.5. The summed E-state index contributed by atoms with van der Waals surface area (Å²) in [6, 6.07) is -1.03. The highest BCUT2D eigenvalue weighted by molar-refractivity contribution is 5.80. The van der Waals surface area contributed by atoms with Gasteiger partial charge < -0.3 is 45.1 Å². The van der Waals surface area contributed by atoms with Crippen LogP contribution in [0.5, 0.6) is 0 Å². The smallest absolute Gasteiger partial charge is 0.306 e. The van der Waals surface area contributed by atoms with Crippen molar-refractivity contribution in [3.05, 3.63) is 97.2 Å². The number of amides is 1. The monoisotopic (exact) mass is 1220 g/mol. The van der Waals surface area contributed by atoms with Crippen molar-refractivity contribution < 1.29 is 49.3 Å². The molecule has 0 spiro atoms. The minimum atomic E-state index is -1.63. The maximum absolute atomic E-state index is 13.5. The van der Waals surface area contributed by atoms with Crippen LogP contribution in [0.25, 0.3) is 0 Å². The number of aliphatic hydroxyl groups is 5. The van der Waals surface area contributed by atoms with E-state index in [0.717, 1.165) is 116 Å². The summed E-state index contributed by atoms with van der Waals surface area (Å²) in [6.07, 6.45) is 74.5. The predicted octanol–water partition coefficient (Wildman–Crippen LogP) is 18.6. The Balaban J connectivity index is 2.56. The van der Waals surface area contributed by atoms with Gasteiger partial charge in [0.25, 0.3) is 0 Å². The van der Waals surface area contributed by atoms with Crippen LogP contribution in [0.4, 0.5) is 0 Å². The van der Waals surface area contributed by atoms with Gasteiger partial charge in [0.15, 0.2) is 12.4 Å². The average molecular weight is 1220 g/mol. The first-order valence-corrected chi connectivity index (χ1v) is 36.0. The first-order valence-electron chi connectivity index (χ1n) is 36.0. The molecule has 0 saturated carbocycles. The van der Waals surface area contributed by atoms with Crippen LogP contribution in [0.15, 0.2) is 97.2 Å². The van der Waals surface area contributed by atoms with Gasteiger partial charge >= 0.3 is 5.97 Å². The molecule has 11 nitrogen and oxygen atoms in total. The number of unbranched alkanes of at least 4 members (excludes halogenated alkanes) is 33. The van der Waals surface area contributed by atoms with Gasteiger partial charge in [0.2, 0.25) is 5.91 Å². The summed E-state index contributed by atoms with van der Waals surface area (Å²) < 4.78 is 17.7. The molecule has 0 radical (unpaired) electrons. The number of ether oxygens (including phenoxy) is 3. The number of allylic oxidation sites excluding steroid dienone is 15. The van der Waals surface area contributed by atoms with Gasteiger partial charge in [0, 0.05) is 6.42 Å².